The van der Waals surface area contributed by atoms with Gasteiger partial charge in [-0.2, -0.15) is 4.31 Å². The first kappa shape index (κ1) is 15.6. The summed E-state index contributed by atoms with van der Waals surface area (Å²) in [6, 6.07) is 0. The number of nitrogens with two attached hydrogens (primary N) is 1. The van der Waals surface area contributed by atoms with Gasteiger partial charge in [-0.3, -0.25) is 4.98 Å². The van der Waals surface area contributed by atoms with Crippen LogP contribution in [0.25, 0.3) is 0 Å². The van der Waals surface area contributed by atoms with Crippen LogP contribution < -0.4 is 5.73 Å². The number of anilines is 1. The normalized spacial score (nSPS) is 25.2. The number of aromatic nitrogens is 2. The number of ether oxygens (including phenoxy) is 1. The molecule has 2 heterocycles. The minimum Gasteiger partial charge on any atom is -0.382 e. The van der Waals surface area contributed by atoms with Gasteiger partial charge in [-0.05, 0) is 12.8 Å². The molecule has 0 spiro atoms. The Morgan fingerprint density at radius 1 is 1.18 bits per heavy atom. The number of hydrogen-bond acceptors (Lipinski definition) is 6. The van der Waals surface area contributed by atoms with Crippen LogP contribution in [0.5, 0.6) is 0 Å². The van der Waals surface area contributed by atoms with Crippen molar-refractivity contribution in [3.8, 4) is 0 Å². The first-order chi connectivity index (χ1) is 10.6. The largest absolute Gasteiger partial charge is 0.382 e. The van der Waals surface area contributed by atoms with Crippen LogP contribution in [0.15, 0.2) is 12.4 Å². The van der Waals surface area contributed by atoms with Gasteiger partial charge in [0.05, 0.1) is 11.9 Å². The van der Waals surface area contributed by atoms with Crippen molar-refractivity contribution in [2.45, 2.75) is 43.5 Å². The molecule has 8 heteroatoms. The van der Waals surface area contributed by atoms with Gasteiger partial charge in [-0.1, -0.05) is 19.3 Å². The Morgan fingerprint density at radius 2 is 1.91 bits per heavy atom. The van der Waals surface area contributed by atoms with E-state index in [1.807, 2.05) is 0 Å². The third kappa shape index (κ3) is 3.09. The van der Waals surface area contributed by atoms with Crippen molar-refractivity contribution in [1.29, 1.82) is 0 Å². The van der Waals surface area contributed by atoms with E-state index in [9.17, 15) is 8.42 Å². The van der Waals surface area contributed by atoms with Crippen LogP contribution in [-0.2, 0) is 14.8 Å². The molecular weight excluding hydrogens is 304 g/mol. The molecule has 7 nitrogen and oxygen atoms in total. The highest BCUT2D eigenvalue weighted by Crippen LogP contribution is 2.30. The second-order valence-corrected chi connectivity index (χ2v) is 8.06. The third-order valence-corrected chi connectivity index (χ3v) is 6.79. The van der Waals surface area contributed by atoms with Crippen molar-refractivity contribution in [2.24, 2.45) is 0 Å². The summed E-state index contributed by atoms with van der Waals surface area (Å²) in [5.74, 6) is 0.296. The van der Waals surface area contributed by atoms with Gasteiger partial charge in [-0.15, -0.1) is 0 Å². The predicted octanol–water partition coefficient (Wildman–Crippen LogP) is 1.09. The van der Waals surface area contributed by atoms with Crippen molar-refractivity contribution in [3.63, 3.8) is 0 Å². The molecule has 0 bridgehead atoms. The summed E-state index contributed by atoms with van der Waals surface area (Å²) in [7, 11) is -3.27. The molecule has 2 aliphatic rings. The summed E-state index contributed by atoms with van der Waals surface area (Å²) in [5.41, 5.74) is 6.35. The predicted molar refractivity (Wildman–Crippen MR) is 82.5 cm³/mol. The maximum absolute atomic E-state index is 12.8. The van der Waals surface area contributed by atoms with E-state index >= 15 is 0 Å². The zero-order valence-corrected chi connectivity index (χ0v) is 13.3. The van der Waals surface area contributed by atoms with Crippen LogP contribution in [0.2, 0.25) is 0 Å². The lowest BCUT2D eigenvalue weighted by atomic mass is 10.0. The van der Waals surface area contributed by atoms with Crippen molar-refractivity contribution in [3.05, 3.63) is 18.1 Å². The number of rotatable bonds is 3. The molecule has 0 unspecified atom stereocenters. The molecule has 22 heavy (non-hydrogen) atoms. The highest BCUT2D eigenvalue weighted by Gasteiger charge is 2.37. The summed E-state index contributed by atoms with van der Waals surface area (Å²) in [6.07, 6.45) is 7.26. The fourth-order valence-corrected chi connectivity index (χ4v) is 5.23. The minimum absolute atomic E-state index is 0.251. The molecule has 1 saturated heterocycles. The van der Waals surface area contributed by atoms with Crippen molar-refractivity contribution in [1.82, 2.24) is 14.3 Å². The standard InChI is InChI=1S/C14H22N4O3S/c15-14-13(16-6-7-17-14)12-10-18(8-9-21-12)22(19,20)11-4-2-1-3-5-11/h6-7,11-12H,1-5,8-10H2,(H2,15,17)/t12-/m1/s1. The fraction of sp³-hybridized carbons (Fsp3) is 0.714. The molecule has 1 aliphatic carbocycles. The average Bonchev–Trinajstić information content (AvgIpc) is 2.56. The van der Waals surface area contributed by atoms with Crippen LogP contribution in [-0.4, -0.2) is 47.6 Å². The first-order valence-corrected chi connectivity index (χ1v) is 9.26. The van der Waals surface area contributed by atoms with E-state index in [1.54, 1.807) is 10.5 Å². The van der Waals surface area contributed by atoms with Crippen molar-refractivity contribution >= 4 is 15.8 Å². The fourth-order valence-electron chi connectivity index (χ4n) is 3.20. The first-order valence-electron chi connectivity index (χ1n) is 7.76. The summed E-state index contributed by atoms with van der Waals surface area (Å²) in [6.45, 7) is 1.02. The van der Waals surface area contributed by atoms with Crippen molar-refractivity contribution in [2.75, 3.05) is 25.4 Å². The topological polar surface area (TPSA) is 98.4 Å². The molecular formula is C14H22N4O3S. The number of nitrogen functional groups attached to an aromatic ring is 1. The highest BCUT2D eigenvalue weighted by atomic mass is 32.2. The van der Waals surface area contributed by atoms with Gasteiger partial charge in [-0.25, -0.2) is 13.4 Å². The molecule has 1 atom stereocenters. The van der Waals surface area contributed by atoms with Crippen LogP contribution >= 0.6 is 0 Å². The second-order valence-electron chi connectivity index (χ2n) is 5.85. The Balaban J connectivity index is 1.76. The quantitative estimate of drug-likeness (QED) is 0.893. The molecule has 1 aliphatic heterocycles. The summed E-state index contributed by atoms with van der Waals surface area (Å²) in [4.78, 5) is 8.20. The highest BCUT2D eigenvalue weighted by molar-refractivity contribution is 7.89. The molecule has 0 amide bonds. The SMILES string of the molecule is Nc1nccnc1[C@H]1CN(S(=O)(=O)C2CCCCC2)CCO1. The maximum atomic E-state index is 12.8. The molecule has 0 aromatic carbocycles. The Bertz CT molecular complexity index is 616. The van der Waals surface area contributed by atoms with Gasteiger partial charge in [0, 0.05) is 25.5 Å². The summed E-state index contributed by atoms with van der Waals surface area (Å²) < 4.78 is 32.8. The second kappa shape index (κ2) is 6.47. The summed E-state index contributed by atoms with van der Waals surface area (Å²) >= 11 is 0. The average molecular weight is 326 g/mol. The van der Waals surface area contributed by atoms with Gasteiger partial charge < -0.3 is 10.5 Å². The van der Waals surface area contributed by atoms with Gasteiger partial charge in [0.2, 0.25) is 10.0 Å². The number of hydrogen-bond donors (Lipinski definition) is 1. The van der Waals surface area contributed by atoms with Crippen LogP contribution in [0, 0.1) is 0 Å². The Morgan fingerprint density at radius 3 is 2.64 bits per heavy atom. The van der Waals surface area contributed by atoms with E-state index in [0.29, 0.717) is 24.7 Å². The molecule has 1 aromatic heterocycles. The molecule has 2 fully saturated rings. The van der Waals surface area contributed by atoms with Crippen LogP contribution in [0.3, 0.4) is 0 Å². The van der Waals surface area contributed by atoms with E-state index in [2.05, 4.69) is 9.97 Å². The Labute approximate surface area is 130 Å². The van der Waals surface area contributed by atoms with E-state index in [-0.39, 0.29) is 11.8 Å². The molecule has 3 rings (SSSR count). The van der Waals surface area contributed by atoms with E-state index in [4.69, 9.17) is 10.5 Å². The van der Waals surface area contributed by atoms with Crippen LogP contribution in [0.1, 0.15) is 43.9 Å². The lowest BCUT2D eigenvalue weighted by Crippen LogP contribution is -2.47. The lowest BCUT2D eigenvalue weighted by molar-refractivity contribution is -0.00504. The molecule has 1 saturated carbocycles. The zero-order valence-electron chi connectivity index (χ0n) is 12.5. The lowest BCUT2D eigenvalue weighted by Gasteiger charge is -2.35. The molecule has 1 aromatic rings. The van der Waals surface area contributed by atoms with Gasteiger partial charge >= 0.3 is 0 Å². The monoisotopic (exact) mass is 326 g/mol. The van der Waals surface area contributed by atoms with E-state index in [1.165, 1.54) is 6.20 Å². The zero-order chi connectivity index (χ0) is 15.6. The minimum atomic E-state index is -3.27. The van der Waals surface area contributed by atoms with Gasteiger partial charge in [0.1, 0.15) is 17.6 Å². The number of nitrogens with zero attached hydrogens (tertiary/aromatic N) is 3. The van der Waals surface area contributed by atoms with Crippen LogP contribution in [0.4, 0.5) is 5.82 Å². The molecule has 122 valence electrons. The van der Waals surface area contributed by atoms with Crippen molar-refractivity contribution < 1.29 is 13.2 Å². The maximum Gasteiger partial charge on any atom is 0.217 e. The van der Waals surface area contributed by atoms with E-state index < -0.39 is 16.1 Å². The number of sulfonamides is 1. The number of morpholine rings is 1. The smallest absolute Gasteiger partial charge is 0.217 e. The Hall–Kier alpha value is -1.25. The van der Waals surface area contributed by atoms with Gasteiger partial charge in [0.15, 0.2) is 0 Å². The third-order valence-electron chi connectivity index (χ3n) is 4.42. The van der Waals surface area contributed by atoms with E-state index in [0.717, 1.165) is 32.1 Å². The Kier molecular flexibility index (Phi) is 4.60. The van der Waals surface area contributed by atoms with Gasteiger partial charge in [0.25, 0.3) is 0 Å². The summed E-state index contributed by atoms with van der Waals surface area (Å²) in [5, 5.41) is -0.251. The molecule has 2 N–H and O–H groups in total. The molecule has 0 radical (unpaired) electrons.